The van der Waals surface area contributed by atoms with Crippen LogP contribution in [0.2, 0.25) is 0 Å². The first-order valence-corrected chi connectivity index (χ1v) is 9.05. The van der Waals surface area contributed by atoms with Gasteiger partial charge >= 0.3 is 0 Å². The fraction of sp³-hybridized carbons (Fsp3) is 0.182. The maximum absolute atomic E-state index is 12.4. The van der Waals surface area contributed by atoms with Crippen molar-refractivity contribution in [2.45, 2.75) is 13.5 Å². The van der Waals surface area contributed by atoms with Crippen LogP contribution >= 0.6 is 0 Å². The van der Waals surface area contributed by atoms with Crippen molar-refractivity contribution in [1.29, 1.82) is 0 Å². The molecule has 0 radical (unpaired) electrons. The van der Waals surface area contributed by atoms with Crippen LogP contribution in [0.5, 0.6) is 11.5 Å². The molecule has 6 heteroatoms. The molecule has 28 heavy (non-hydrogen) atoms. The van der Waals surface area contributed by atoms with Gasteiger partial charge in [0.15, 0.2) is 0 Å². The zero-order chi connectivity index (χ0) is 19.8. The molecule has 0 aliphatic rings. The van der Waals surface area contributed by atoms with Crippen LogP contribution in [-0.2, 0) is 6.54 Å². The van der Waals surface area contributed by atoms with Gasteiger partial charge < -0.3 is 20.1 Å². The SMILES string of the molecule is CCOc1ccc(NC(=O)c2ccc(NCc3ccccc3OC)nc2)cc1. The monoisotopic (exact) mass is 377 g/mol. The van der Waals surface area contributed by atoms with Crippen LogP contribution in [-0.4, -0.2) is 24.6 Å². The highest BCUT2D eigenvalue weighted by atomic mass is 16.5. The number of methoxy groups -OCH3 is 1. The number of carbonyl (C=O) groups excluding carboxylic acids is 1. The van der Waals surface area contributed by atoms with Crippen molar-refractivity contribution >= 4 is 17.4 Å². The largest absolute Gasteiger partial charge is 0.496 e. The lowest BCUT2D eigenvalue weighted by Crippen LogP contribution is -2.12. The summed E-state index contributed by atoms with van der Waals surface area (Å²) in [4.78, 5) is 16.7. The zero-order valence-corrected chi connectivity index (χ0v) is 15.9. The Morgan fingerprint density at radius 2 is 1.82 bits per heavy atom. The van der Waals surface area contributed by atoms with E-state index in [2.05, 4.69) is 15.6 Å². The number of anilines is 2. The quantitative estimate of drug-likeness (QED) is 0.610. The van der Waals surface area contributed by atoms with Gasteiger partial charge in [0.25, 0.3) is 5.91 Å². The topological polar surface area (TPSA) is 72.5 Å². The molecule has 3 rings (SSSR count). The third-order valence-corrected chi connectivity index (χ3v) is 4.10. The molecule has 3 aromatic rings. The highest BCUT2D eigenvalue weighted by molar-refractivity contribution is 6.04. The minimum absolute atomic E-state index is 0.215. The molecule has 0 unspecified atom stereocenters. The standard InChI is InChI=1S/C22H23N3O3/c1-3-28-19-11-9-18(10-12-19)25-22(26)17-8-13-21(24-15-17)23-14-16-6-4-5-7-20(16)27-2/h4-13,15H,3,14H2,1-2H3,(H,23,24)(H,25,26). The van der Waals surface area contributed by atoms with Gasteiger partial charge in [0.2, 0.25) is 0 Å². The average molecular weight is 377 g/mol. The van der Waals surface area contributed by atoms with Gasteiger partial charge in [-0.1, -0.05) is 18.2 Å². The number of ether oxygens (including phenoxy) is 2. The molecule has 0 aliphatic heterocycles. The van der Waals surface area contributed by atoms with E-state index >= 15 is 0 Å². The predicted molar refractivity (Wildman–Crippen MR) is 110 cm³/mol. The van der Waals surface area contributed by atoms with Crippen molar-refractivity contribution < 1.29 is 14.3 Å². The number of carbonyl (C=O) groups is 1. The van der Waals surface area contributed by atoms with Crippen molar-refractivity contribution in [3.05, 3.63) is 78.0 Å². The predicted octanol–water partition coefficient (Wildman–Crippen LogP) is 4.35. The first-order chi connectivity index (χ1) is 13.7. The fourth-order valence-electron chi connectivity index (χ4n) is 2.67. The van der Waals surface area contributed by atoms with Gasteiger partial charge in [0, 0.05) is 24.0 Å². The summed E-state index contributed by atoms with van der Waals surface area (Å²) in [6.45, 7) is 3.11. The molecule has 0 saturated carbocycles. The normalized spacial score (nSPS) is 10.2. The number of amides is 1. The summed E-state index contributed by atoms with van der Waals surface area (Å²) in [7, 11) is 1.65. The second kappa shape index (κ2) is 9.41. The van der Waals surface area contributed by atoms with E-state index in [4.69, 9.17) is 9.47 Å². The molecular formula is C22H23N3O3. The van der Waals surface area contributed by atoms with Crippen LogP contribution in [0.15, 0.2) is 66.9 Å². The van der Waals surface area contributed by atoms with Crippen molar-refractivity contribution in [3.63, 3.8) is 0 Å². The number of para-hydroxylation sites is 1. The third kappa shape index (κ3) is 5.01. The second-order valence-corrected chi connectivity index (χ2v) is 6.01. The Labute approximate surface area is 164 Å². The Hall–Kier alpha value is -3.54. The summed E-state index contributed by atoms with van der Waals surface area (Å²) < 4.78 is 10.7. The van der Waals surface area contributed by atoms with Crippen LogP contribution in [0, 0.1) is 0 Å². The molecule has 0 atom stereocenters. The van der Waals surface area contributed by atoms with Gasteiger partial charge in [-0.3, -0.25) is 4.79 Å². The maximum Gasteiger partial charge on any atom is 0.257 e. The number of rotatable bonds is 8. The molecule has 1 aromatic heterocycles. The smallest absolute Gasteiger partial charge is 0.257 e. The Balaban J connectivity index is 1.58. The Kier molecular flexibility index (Phi) is 6.46. The van der Waals surface area contributed by atoms with Crippen molar-refractivity contribution in [2.75, 3.05) is 24.4 Å². The summed E-state index contributed by atoms with van der Waals surface area (Å²) >= 11 is 0. The van der Waals surface area contributed by atoms with Gasteiger partial charge in [0.1, 0.15) is 17.3 Å². The third-order valence-electron chi connectivity index (χ3n) is 4.10. The second-order valence-electron chi connectivity index (χ2n) is 6.01. The molecule has 6 nitrogen and oxygen atoms in total. The molecule has 2 aromatic carbocycles. The molecule has 0 spiro atoms. The molecule has 144 valence electrons. The van der Waals surface area contributed by atoms with E-state index in [1.807, 2.05) is 43.3 Å². The molecule has 0 bridgehead atoms. The van der Waals surface area contributed by atoms with E-state index in [1.54, 1.807) is 37.6 Å². The molecule has 1 amide bonds. The Bertz CT molecular complexity index is 909. The average Bonchev–Trinajstić information content (AvgIpc) is 2.74. The summed E-state index contributed by atoms with van der Waals surface area (Å²) in [5.41, 5.74) is 2.22. The van der Waals surface area contributed by atoms with Crippen LogP contribution in [0.3, 0.4) is 0 Å². The number of benzene rings is 2. The fourth-order valence-corrected chi connectivity index (χ4v) is 2.67. The summed E-state index contributed by atoms with van der Waals surface area (Å²) in [6.07, 6.45) is 1.55. The molecule has 0 fully saturated rings. The Morgan fingerprint density at radius 1 is 1.04 bits per heavy atom. The summed E-state index contributed by atoms with van der Waals surface area (Å²) in [6, 6.07) is 18.6. The number of aromatic nitrogens is 1. The van der Waals surface area contributed by atoms with Gasteiger partial charge in [-0.05, 0) is 49.4 Å². The van der Waals surface area contributed by atoms with E-state index < -0.39 is 0 Å². The molecule has 0 aliphatic carbocycles. The number of pyridine rings is 1. The van der Waals surface area contributed by atoms with Crippen LogP contribution in [0.25, 0.3) is 0 Å². The number of hydrogen-bond acceptors (Lipinski definition) is 5. The molecule has 1 heterocycles. The first kappa shape index (κ1) is 19.2. The minimum Gasteiger partial charge on any atom is -0.496 e. The van der Waals surface area contributed by atoms with Crippen LogP contribution < -0.4 is 20.1 Å². The highest BCUT2D eigenvalue weighted by Gasteiger charge is 2.08. The van der Waals surface area contributed by atoms with Crippen LogP contribution in [0.1, 0.15) is 22.8 Å². The van der Waals surface area contributed by atoms with E-state index in [-0.39, 0.29) is 5.91 Å². The lowest BCUT2D eigenvalue weighted by molar-refractivity contribution is 0.102. The summed E-state index contributed by atoms with van der Waals surface area (Å²) in [5, 5.41) is 6.08. The van der Waals surface area contributed by atoms with Crippen molar-refractivity contribution in [1.82, 2.24) is 4.98 Å². The molecule has 2 N–H and O–H groups in total. The van der Waals surface area contributed by atoms with Crippen molar-refractivity contribution in [3.8, 4) is 11.5 Å². The van der Waals surface area contributed by atoms with E-state index in [1.165, 1.54) is 0 Å². The first-order valence-electron chi connectivity index (χ1n) is 9.05. The van der Waals surface area contributed by atoms with Gasteiger partial charge in [-0.2, -0.15) is 0 Å². The zero-order valence-electron chi connectivity index (χ0n) is 15.9. The van der Waals surface area contributed by atoms with E-state index in [0.717, 1.165) is 17.1 Å². The minimum atomic E-state index is -0.215. The maximum atomic E-state index is 12.4. The number of hydrogen-bond donors (Lipinski definition) is 2. The van der Waals surface area contributed by atoms with E-state index in [0.29, 0.717) is 30.2 Å². The summed E-state index contributed by atoms with van der Waals surface area (Å²) in [5.74, 6) is 2.06. The van der Waals surface area contributed by atoms with E-state index in [9.17, 15) is 4.79 Å². The van der Waals surface area contributed by atoms with Gasteiger partial charge in [0.05, 0.1) is 19.3 Å². The van der Waals surface area contributed by atoms with Gasteiger partial charge in [-0.25, -0.2) is 4.98 Å². The Morgan fingerprint density at radius 3 is 2.50 bits per heavy atom. The number of nitrogens with zero attached hydrogens (tertiary/aromatic N) is 1. The lowest BCUT2D eigenvalue weighted by Gasteiger charge is -2.10. The van der Waals surface area contributed by atoms with Crippen LogP contribution in [0.4, 0.5) is 11.5 Å². The van der Waals surface area contributed by atoms with Gasteiger partial charge in [-0.15, -0.1) is 0 Å². The van der Waals surface area contributed by atoms with Crippen molar-refractivity contribution in [2.24, 2.45) is 0 Å². The molecular weight excluding hydrogens is 354 g/mol. The molecule has 0 saturated heterocycles. The number of nitrogens with one attached hydrogen (secondary N) is 2. The highest BCUT2D eigenvalue weighted by Crippen LogP contribution is 2.19. The lowest BCUT2D eigenvalue weighted by atomic mass is 10.2.